The molecule has 2 aliphatic heterocycles. The van der Waals surface area contributed by atoms with Gasteiger partial charge in [-0.3, -0.25) is 9.59 Å². The Kier molecular flexibility index (Phi) is 4.19. The molecule has 2 aromatic carbocycles. The molecule has 1 spiro atoms. The Labute approximate surface area is 168 Å². The lowest BCUT2D eigenvalue weighted by atomic mass is 9.89. The SMILES string of the molecule is O=C1C[C@]2(CCN(C(=O)Cn3ccnc3-c3ccccc3)C2)Oc2ccccc21. The van der Waals surface area contributed by atoms with E-state index in [1.54, 1.807) is 17.2 Å². The van der Waals surface area contributed by atoms with Gasteiger partial charge in [-0.2, -0.15) is 0 Å². The molecular formula is C23H21N3O3. The van der Waals surface area contributed by atoms with Crippen LogP contribution in [0.25, 0.3) is 11.4 Å². The van der Waals surface area contributed by atoms with Gasteiger partial charge in [-0.05, 0) is 12.1 Å². The maximum atomic E-state index is 13.0. The van der Waals surface area contributed by atoms with Crippen molar-refractivity contribution in [2.45, 2.75) is 25.0 Å². The number of rotatable bonds is 3. The molecule has 6 heteroatoms. The number of benzene rings is 2. The topological polar surface area (TPSA) is 64.4 Å². The van der Waals surface area contributed by atoms with Crippen LogP contribution in [0, 0.1) is 0 Å². The summed E-state index contributed by atoms with van der Waals surface area (Å²) in [6.45, 7) is 1.23. The quantitative estimate of drug-likeness (QED) is 0.692. The van der Waals surface area contributed by atoms with Crippen molar-refractivity contribution in [2.24, 2.45) is 0 Å². The molecular weight excluding hydrogens is 366 g/mol. The summed E-state index contributed by atoms with van der Waals surface area (Å²) in [6, 6.07) is 17.2. The van der Waals surface area contributed by atoms with Crippen molar-refractivity contribution in [3.63, 3.8) is 0 Å². The van der Waals surface area contributed by atoms with E-state index >= 15 is 0 Å². The number of imidazole rings is 1. The molecule has 0 aliphatic carbocycles. The van der Waals surface area contributed by atoms with Gasteiger partial charge in [-0.25, -0.2) is 4.98 Å². The van der Waals surface area contributed by atoms with E-state index in [0.29, 0.717) is 37.2 Å². The average molecular weight is 387 g/mol. The number of hydrogen-bond acceptors (Lipinski definition) is 4. The van der Waals surface area contributed by atoms with E-state index in [1.165, 1.54) is 0 Å². The summed E-state index contributed by atoms with van der Waals surface area (Å²) in [4.78, 5) is 31.8. The van der Waals surface area contributed by atoms with Gasteiger partial charge >= 0.3 is 0 Å². The number of nitrogens with zero attached hydrogens (tertiary/aromatic N) is 3. The molecule has 0 unspecified atom stereocenters. The van der Waals surface area contributed by atoms with Gasteiger partial charge in [0.25, 0.3) is 0 Å². The number of amides is 1. The Balaban J connectivity index is 1.31. The zero-order valence-corrected chi connectivity index (χ0v) is 16.0. The highest BCUT2D eigenvalue weighted by Gasteiger charge is 2.46. The van der Waals surface area contributed by atoms with Gasteiger partial charge in [0.1, 0.15) is 23.7 Å². The van der Waals surface area contributed by atoms with Crippen molar-refractivity contribution in [3.8, 4) is 17.1 Å². The van der Waals surface area contributed by atoms with Crippen LogP contribution in [0.2, 0.25) is 0 Å². The van der Waals surface area contributed by atoms with E-state index in [4.69, 9.17) is 4.74 Å². The van der Waals surface area contributed by atoms with Crippen molar-refractivity contribution in [2.75, 3.05) is 13.1 Å². The van der Waals surface area contributed by atoms with Crippen LogP contribution in [0.15, 0.2) is 67.0 Å². The minimum atomic E-state index is -0.613. The number of ketones is 1. The lowest BCUT2D eigenvalue weighted by Gasteiger charge is -2.34. The van der Waals surface area contributed by atoms with E-state index in [1.807, 2.05) is 59.3 Å². The molecule has 146 valence electrons. The molecule has 2 aliphatic rings. The van der Waals surface area contributed by atoms with Crippen molar-refractivity contribution in [1.82, 2.24) is 14.5 Å². The van der Waals surface area contributed by atoms with Crippen LogP contribution < -0.4 is 4.74 Å². The molecule has 0 radical (unpaired) electrons. The number of para-hydroxylation sites is 1. The summed E-state index contributed by atoms with van der Waals surface area (Å²) in [5.41, 5.74) is 0.994. The number of carbonyl (C=O) groups excluding carboxylic acids is 2. The van der Waals surface area contributed by atoms with Crippen molar-refractivity contribution >= 4 is 11.7 Å². The van der Waals surface area contributed by atoms with E-state index in [2.05, 4.69) is 4.98 Å². The first kappa shape index (κ1) is 17.7. The molecule has 1 amide bonds. The van der Waals surface area contributed by atoms with E-state index in [0.717, 1.165) is 11.4 Å². The molecule has 29 heavy (non-hydrogen) atoms. The number of Topliss-reactive ketones (excluding diaryl/α,β-unsaturated/α-hetero) is 1. The third-order valence-electron chi connectivity index (χ3n) is 5.72. The summed E-state index contributed by atoms with van der Waals surface area (Å²) in [5, 5.41) is 0. The largest absolute Gasteiger partial charge is 0.484 e. The second-order valence-electron chi connectivity index (χ2n) is 7.69. The summed E-state index contributed by atoms with van der Waals surface area (Å²) in [5.74, 6) is 1.49. The zero-order chi connectivity index (χ0) is 19.8. The molecule has 3 aromatic rings. The van der Waals surface area contributed by atoms with Crippen molar-refractivity contribution < 1.29 is 14.3 Å². The Morgan fingerprint density at radius 3 is 2.76 bits per heavy atom. The van der Waals surface area contributed by atoms with Crippen LogP contribution in [0.3, 0.4) is 0 Å². The minimum absolute atomic E-state index is 0.00645. The van der Waals surface area contributed by atoms with Crippen LogP contribution in [-0.4, -0.2) is 44.8 Å². The highest BCUT2D eigenvalue weighted by atomic mass is 16.5. The lowest BCUT2D eigenvalue weighted by Crippen LogP contribution is -2.45. The first-order valence-electron chi connectivity index (χ1n) is 9.79. The second kappa shape index (κ2) is 6.88. The van der Waals surface area contributed by atoms with Crippen LogP contribution in [-0.2, 0) is 11.3 Å². The molecule has 1 atom stereocenters. The number of ether oxygens (including phenoxy) is 1. The number of likely N-dealkylation sites (tertiary alicyclic amines) is 1. The second-order valence-corrected chi connectivity index (χ2v) is 7.69. The summed E-state index contributed by atoms with van der Waals surface area (Å²) < 4.78 is 8.09. The van der Waals surface area contributed by atoms with Gasteiger partial charge < -0.3 is 14.2 Å². The summed E-state index contributed by atoms with van der Waals surface area (Å²) >= 11 is 0. The van der Waals surface area contributed by atoms with Crippen LogP contribution in [0.1, 0.15) is 23.2 Å². The van der Waals surface area contributed by atoms with Crippen molar-refractivity contribution in [1.29, 1.82) is 0 Å². The summed E-state index contributed by atoms with van der Waals surface area (Å²) in [7, 11) is 0. The molecule has 0 bridgehead atoms. The molecule has 1 aromatic heterocycles. The van der Waals surface area contributed by atoms with E-state index < -0.39 is 5.60 Å². The summed E-state index contributed by atoms with van der Waals surface area (Å²) in [6.07, 6.45) is 4.51. The van der Waals surface area contributed by atoms with Gasteiger partial charge in [-0.15, -0.1) is 0 Å². The minimum Gasteiger partial charge on any atom is -0.484 e. The Morgan fingerprint density at radius 1 is 1.10 bits per heavy atom. The Morgan fingerprint density at radius 2 is 1.90 bits per heavy atom. The van der Waals surface area contributed by atoms with E-state index in [9.17, 15) is 9.59 Å². The Bertz CT molecular complexity index is 1080. The third kappa shape index (κ3) is 3.20. The third-order valence-corrected chi connectivity index (χ3v) is 5.72. The van der Waals surface area contributed by atoms with Gasteiger partial charge in [0.05, 0.1) is 18.5 Å². The molecule has 0 N–H and O–H groups in total. The highest BCUT2D eigenvalue weighted by Crippen LogP contribution is 2.38. The first-order valence-corrected chi connectivity index (χ1v) is 9.79. The predicted molar refractivity (Wildman–Crippen MR) is 108 cm³/mol. The normalized spacial score (nSPS) is 20.6. The standard InChI is InChI=1S/C23H21N3O3/c27-19-14-23(29-20-9-5-4-8-18(19)20)10-12-26(16-23)21(28)15-25-13-11-24-22(25)17-6-2-1-3-7-17/h1-9,11,13H,10,12,14-16H2/t23-/m0/s1. The number of hydrogen-bond donors (Lipinski definition) is 0. The first-order chi connectivity index (χ1) is 14.1. The molecule has 5 rings (SSSR count). The van der Waals surface area contributed by atoms with Crippen LogP contribution in [0.5, 0.6) is 5.75 Å². The van der Waals surface area contributed by atoms with E-state index in [-0.39, 0.29) is 18.2 Å². The Hall–Kier alpha value is -3.41. The van der Waals surface area contributed by atoms with Gasteiger partial charge in [0.15, 0.2) is 5.78 Å². The molecule has 6 nitrogen and oxygen atoms in total. The van der Waals surface area contributed by atoms with Gasteiger partial charge in [0.2, 0.25) is 5.91 Å². The number of aromatic nitrogens is 2. The molecule has 1 fully saturated rings. The average Bonchev–Trinajstić information content (AvgIpc) is 3.36. The van der Waals surface area contributed by atoms with Gasteiger partial charge in [0, 0.05) is 30.9 Å². The fourth-order valence-electron chi connectivity index (χ4n) is 4.26. The number of fused-ring (bicyclic) bond motifs is 1. The smallest absolute Gasteiger partial charge is 0.242 e. The number of carbonyl (C=O) groups is 2. The fraction of sp³-hybridized carbons (Fsp3) is 0.261. The van der Waals surface area contributed by atoms with Crippen LogP contribution >= 0.6 is 0 Å². The fourth-order valence-corrected chi connectivity index (χ4v) is 4.26. The molecule has 3 heterocycles. The van der Waals surface area contributed by atoms with Gasteiger partial charge in [-0.1, -0.05) is 42.5 Å². The predicted octanol–water partition coefficient (Wildman–Crippen LogP) is 3.19. The highest BCUT2D eigenvalue weighted by molar-refractivity contribution is 6.00. The zero-order valence-electron chi connectivity index (χ0n) is 16.0. The monoisotopic (exact) mass is 387 g/mol. The maximum Gasteiger partial charge on any atom is 0.242 e. The van der Waals surface area contributed by atoms with Crippen molar-refractivity contribution in [3.05, 3.63) is 72.6 Å². The van der Waals surface area contributed by atoms with Crippen LogP contribution in [0.4, 0.5) is 0 Å². The maximum absolute atomic E-state index is 13.0. The lowest BCUT2D eigenvalue weighted by molar-refractivity contribution is -0.131. The molecule has 0 saturated carbocycles. The molecule has 1 saturated heterocycles.